The highest BCUT2D eigenvalue weighted by atomic mass is 16.2. The van der Waals surface area contributed by atoms with Gasteiger partial charge in [0.15, 0.2) is 0 Å². The van der Waals surface area contributed by atoms with Crippen LogP contribution in [0.3, 0.4) is 0 Å². The molecule has 1 heterocycles. The van der Waals surface area contributed by atoms with Crippen LogP contribution in [0, 0.1) is 11.8 Å². The fraction of sp³-hybridized carbons (Fsp3) is 0.619. The van der Waals surface area contributed by atoms with E-state index in [-0.39, 0.29) is 29.7 Å². The molecule has 1 atom stereocenters. The summed E-state index contributed by atoms with van der Waals surface area (Å²) < 4.78 is 0. The van der Waals surface area contributed by atoms with E-state index in [0.717, 1.165) is 51.6 Å². The first-order valence-corrected chi connectivity index (χ1v) is 9.74. The van der Waals surface area contributed by atoms with Gasteiger partial charge in [-0.05, 0) is 56.6 Å². The number of nitrogens with zero attached hydrogens (tertiary/aromatic N) is 1. The van der Waals surface area contributed by atoms with Crippen LogP contribution in [-0.2, 0) is 22.6 Å². The molecule has 1 N–H and O–H groups in total. The number of rotatable bonds is 4. The number of carbonyl (C=O) groups is 2. The summed E-state index contributed by atoms with van der Waals surface area (Å²) in [7, 11) is 0. The van der Waals surface area contributed by atoms with E-state index in [1.807, 2.05) is 17.9 Å². The zero-order valence-electron chi connectivity index (χ0n) is 15.5. The third kappa shape index (κ3) is 4.23. The van der Waals surface area contributed by atoms with Crippen LogP contribution in [0.5, 0.6) is 0 Å². The van der Waals surface area contributed by atoms with Crippen LogP contribution in [0.4, 0.5) is 0 Å². The molecule has 1 unspecified atom stereocenters. The predicted octanol–water partition coefficient (Wildman–Crippen LogP) is 3.29. The summed E-state index contributed by atoms with van der Waals surface area (Å²) in [6.45, 7) is 5.69. The molecule has 1 saturated carbocycles. The molecular formula is C21H30N2O2. The van der Waals surface area contributed by atoms with Crippen molar-refractivity contribution < 1.29 is 9.59 Å². The highest BCUT2D eigenvalue weighted by molar-refractivity contribution is 5.81. The van der Waals surface area contributed by atoms with Gasteiger partial charge in [-0.15, -0.1) is 0 Å². The summed E-state index contributed by atoms with van der Waals surface area (Å²) in [6.07, 6.45) is 5.27. The summed E-state index contributed by atoms with van der Waals surface area (Å²) in [5.74, 6) is 0.639. The highest BCUT2D eigenvalue weighted by Gasteiger charge is 2.33. The Morgan fingerprint density at radius 1 is 1.12 bits per heavy atom. The molecule has 0 spiro atoms. The topological polar surface area (TPSA) is 49.4 Å². The van der Waals surface area contributed by atoms with Crippen LogP contribution >= 0.6 is 0 Å². The van der Waals surface area contributed by atoms with Crippen LogP contribution in [-0.4, -0.2) is 29.3 Å². The quantitative estimate of drug-likeness (QED) is 0.913. The minimum Gasteiger partial charge on any atom is -0.353 e. The first-order valence-electron chi connectivity index (χ1n) is 9.74. The zero-order chi connectivity index (χ0) is 17.8. The second-order valence-electron chi connectivity index (χ2n) is 7.64. The lowest BCUT2D eigenvalue weighted by Gasteiger charge is -2.34. The lowest BCUT2D eigenvalue weighted by atomic mass is 9.80. The average molecular weight is 342 g/mol. The molecule has 4 heteroatoms. The Balaban J connectivity index is 1.51. The van der Waals surface area contributed by atoms with Crippen molar-refractivity contribution in [3.8, 4) is 0 Å². The Bertz CT molecular complexity index is 620. The van der Waals surface area contributed by atoms with E-state index in [0.29, 0.717) is 0 Å². The fourth-order valence-corrected chi connectivity index (χ4v) is 4.01. The third-order valence-electron chi connectivity index (χ3n) is 5.89. The second-order valence-corrected chi connectivity index (χ2v) is 7.64. The molecule has 25 heavy (non-hydrogen) atoms. The van der Waals surface area contributed by atoms with Crippen LogP contribution in [0.15, 0.2) is 24.3 Å². The van der Waals surface area contributed by atoms with E-state index in [9.17, 15) is 9.59 Å². The normalized spacial score (nSPS) is 24.3. The van der Waals surface area contributed by atoms with Crippen molar-refractivity contribution >= 4 is 11.8 Å². The third-order valence-corrected chi connectivity index (χ3v) is 5.89. The Kier molecular flexibility index (Phi) is 5.77. The molecule has 1 aromatic carbocycles. The average Bonchev–Trinajstić information content (AvgIpc) is 2.67. The largest absolute Gasteiger partial charge is 0.353 e. The van der Waals surface area contributed by atoms with Gasteiger partial charge in [0.05, 0.1) is 0 Å². The molecule has 0 saturated heterocycles. The second kappa shape index (κ2) is 8.03. The number of fused-ring (bicyclic) bond motifs is 1. The molecule has 2 amide bonds. The Labute approximate surface area is 151 Å². The summed E-state index contributed by atoms with van der Waals surface area (Å²) in [5, 5.41) is 3.08. The van der Waals surface area contributed by atoms with Gasteiger partial charge >= 0.3 is 0 Å². The molecule has 136 valence electrons. The van der Waals surface area contributed by atoms with Crippen LogP contribution in [0.2, 0.25) is 0 Å². The number of amides is 2. The van der Waals surface area contributed by atoms with Crippen molar-refractivity contribution in [2.45, 2.75) is 65.0 Å². The van der Waals surface area contributed by atoms with Gasteiger partial charge in [-0.1, -0.05) is 31.2 Å². The molecule has 3 rings (SSSR count). The predicted molar refractivity (Wildman–Crippen MR) is 98.9 cm³/mol. The van der Waals surface area contributed by atoms with Crippen molar-refractivity contribution in [3.05, 3.63) is 35.4 Å². The summed E-state index contributed by atoms with van der Waals surface area (Å²) >= 11 is 0. The summed E-state index contributed by atoms with van der Waals surface area (Å²) in [5.41, 5.74) is 2.65. The van der Waals surface area contributed by atoms with Gasteiger partial charge in [0, 0.05) is 31.0 Å². The van der Waals surface area contributed by atoms with Crippen molar-refractivity contribution in [1.82, 2.24) is 10.2 Å². The SMILES string of the molecule is CCC(C)NC(=O)C1CCC(C(=O)N2CCc3ccccc3C2)CC1. The molecule has 1 aromatic rings. The van der Waals surface area contributed by atoms with E-state index < -0.39 is 0 Å². The van der Waals surface area contributed by atoms with Crippen molar-refractivity contribution in [2.75, 3.05) is 6.54 Å². The Morgan fingerprint density at radius 2 is 1.76 bits per heavy atom. The van der Waals surface area contributed by atoms with Crippen LogP contribution in [0.1, 0.15) is 57.1 Å². The molecule has 0 radical (unpaired) electrons. The standard InChI is InChI=1S/C21H30N2O2/c1-3-15(2)22-20(24)17-8-10-18(11-9-17)21(25)23-13-12-16-6-4-5-7-19(16)14-23/h4-7,15,17-18H,3,8-14H2,1-2H3,(H,22,24). The minimum absolute atomic E-state index is 0.0835. The smallest absolute Gasteiger partial charge is 0.225 e. The number of nitrogens with one attached hydrogen (secondary N) is 1. The Morgan fingerprint density at radius 3 is 2.44 bits per heavy atom. The van der Waals surface area contributed by atoms with Gasteiger partial charge in [-0.3, -0.25) is 9.59 Å². The monoisotopic (exact) mass is 342 g/mol. The van der Waals surface area contributed by atoms with Gasteiger partial charge in [-0.25, -0.2) is 0 Å². The summed E-state index contributed by atoms with van der Waals surface area (Å²) in [4.78, 5) is 27.2. The maximum Gasteiger partial charge on any atom is 0.225 e. The molecule has 1 aliphatic carbocycles. The van der Waals surface area contributed by atoms with Crippen molar-refractivity contribution in [3.63, 3.8) is 0 Å². The molecule has 0 bridgehead atoms. The van der Waals surface area contributed by atoms with E-state index in [4.69, 9.17) is 0 Å². The first kappa shape index (κ1) is 18.0. The molecule has 0 aromatic heterocycles. The fourth-order valence-electron chi connectivity index (χ4n) is 4.01. The van der Waals surface area contributed by atoms with E-state index in [1.54, 1.807) is 0 Å². The molecule has 1 fully saturated rings. The van der Waals surface area contributed by atoms with Crippen LogP contribution in [0.25, 0.3) is 0 Å². The zero-order valence-corrected chi connectivity index (χ0v) is 15.5. The van der Waals surface area contributed by atoms with Gasteiger partial charge in [0.2, 0.25) is 11.8 Å². The van der Waals surface area contributed by atoms with Crippen LogP contribution < -0.4 is 5.32 Å². The Hall–Kier alpha value is -1.84. The lowest BCUT2D eigenvalue weighted by molar-refractivity contribution is -0.139. The number of hydrogen-bond donors (Lipinski definition) is 1. The molecular weight excluding hydrogens is 312 g/mol. The first-order chi connectivity index (χ1) is 12.1. The van der Waals surface area contributed by atoms with E-state index in [2.05, 4.69) is 30.4 Å². The number of benzene rings is 1. The van der Waals surface area contributed by atoms with E-state index in [1.165, 1.54) is 11.1 Å². The lowest BCUT2D eigenvalue weighted by Crippen LogP contribution is -2.43. The number of hydrogen-bond acceptors (Lipinski definition) is 2. The molecule has 2 aliphatic rings. The maximum absolute atomic E-state index is 12.9. The van der Waals surface area contributed by atoms with E-state index >= 15 is 0 Å². The van der Waals surface area contributed by atoms with Gasteiger partial charge < -0.3 is 10.2 Å². The van der Waals surface area contributed by atoms with Gasteiger partial charge in [0.1, 0.15) is 0 Å². The highest BCUT2D eigenvalue weighted by Crippen LogP contribution is 2.31. The minimum atomic E-state index is 0.0835. The van der Waals surface area contributed by atoms with Crippen molar-refractivity contribution in [1.29, 1.82) is 0 Å². The number of carbonyl (C=O) groups excluding carboxylic acids is 2. The van der Waals surface area contributed by atoms with Gasteiger partial charge in [-0.2, -0.15) is 0 Å². The molecule has 1 aliphatic heterocycles. The maximum atomic E-state index is 12.9. The van der Waals surface area contributed by atoms with Gasteiger partial charge in [0.25, 0.3) is 0 Å². The van der Waals surface area contributed by atoms with Crippen molar-refractivity contribution in [2.24, 2.45) is 11.8 Å². The molecule has 4 nitrogen and oxygen atoms in total. The summed E-state index contributed by atoms with van der Waals surface area (Å²) in [6, 6.07) is 8.65.